The van der Waals surface area contributed by atoms with E-state index in [0.29, 0.717) is 29.7 Å². The second-order valence-corrected chi connectivity index (χ2v) is 5.83. The molecule has 0 saturated heterocycles. The van der Waals surface area contributed by atoms with Gasteiger partial charge in [-0.05, 0) is 49.4 Å². The lowest BCUT2D eigenvalue weighted by Crippen LogP contribution is -2.21. The van der Waals surface area contributed by atoms with E-state index in [-0.39, 0.29) is 11.9 Å². The van der Waals surface area contributed by atoms with E-state index in [1.807, 2.05) is 19.1 Å². The van der Waals surface area contributed by atoms with E-state index >= 15 is 0 Å². The fourth-order valence-electron chi connectivity index (χ4n) is 2.34. The quantitative estimate of drug-likeness (QED) is 0.497. The van der Waals surface area contributed by atoms with Crippen LogP contribution in [0.2, 0.25) is 0 Å². The Bertz CT molecular complexity index is 860. The molecule has 0 bridgehead atoms. The number of hydrogen-bond acceptors (Lipinski definition) is 5. The van der Waals surface area contributed by atoms with Crippen LogP contribution in [0.5, 0.6) is 28.9 Å². The maximum atomic E-state index is 12.3. The van der Waals surface area contributed by atoms with Crippen molar-refractivity contribution in [1.29, 1.82) is 0 Å². The summed E-state index contributed by atoms with van der Waals surface area (Å²) in [5, 5.41) is 0. The molecule has 0 spiro atoms. The van der Waals surface area contributed by atoms with Crippen LogP contribution in [0.4, 0.5) is 8.78 Å². The van der Waals surface area contributed by atoms with Crippen molar-refractivity contribution in [2.45, 2.75) is 19.6 Å². The van der Waals surface area contributed by atoms with E-state index in [0.717, 1.165) is 0 Å². The van der Waals surface area contributed by atoms with Crippen LogP contribution in [-0.2, 0) is 0 Å². The summed E-state index contributed by atoms with van der Waals surface area (Å²) in [6.45, 7) is -0.635. The van der Waals surface area contributed by atoms with Gasteiger partial charge in [-0.15, -0.1) is 0 Å². The Balaban J connectivity index is 1.52. The van der Waals surface area contributed by atoms with Gasteiger partial charge in [0.1, 0.15) is 35.7 Å². The standard InChI is InChI=1S/C21H19F2NO4/c1-15(14-25-20-7-2-3-12-24-20)26-16-8-10-17(11-9-16)27-18-5-4-6-19(13-18)28-21(22)23/h2-13,15,21H,14H2,1H3. The lowest BCUT2D eigenvalue weighted by Gasteiger charge is -2.15. The molecule has 0 N–H and O–H groups in total. The highest BCUT2D eigenvalue weighted by molar-refractivity contribution is 5.38. The Morgan fingerprint density at radius 1 is 0.821 bits per heavy atom. The summed E-state index contributed by atoms with van der Waals surface area (Å²) in [7, 11) is 0. The summed E-state index contributed by atoms with van der Waals surface area (Å²) in [6.07, 6.45) is 1.48. The molecule has 1 heterocycles. The van der Waals surface area contributed by atoms with E-state index < -0.39 is 6.61 Å². The Kier molecular flexibility index (Phi) is 6.62. The zero-order valence-electron chi connectivity index (χ0n) is 15.1. The van der Waals surface area contributed by atoms with Crippen LogP contribution in [0.15, 0.2) is 72.9 Å². The van der Waals surface area contributed by atoms with E-state index in [2.05, 4.69) is 9.72 Å². The van der Waals surface area contributed by atoms with Crippen molar-refractivity contribution < 1.29 is 27.7 Å². The van der Waals surface area contributed by atoms with Crippen LogP contribution in [0.3, 0.4) is 0 Å². The number of rotatable bonds is 9. The van der Waals surface area contributed by atoms with Crippen molar-refractivity contribution in [2.24, 2.45) is 0 Å². The number of ether oxygens (including phenoxy) is 4. The number of benzene rings is 2. The maximum Gasteiger partial charge on any atom is 0.387 e. The molecule has 2 aromatic carbocycles. The van der Waals surface area contributed by atoms with Gasteiger partial charge in [0.15, 0.2) is 0 Å². The number of hydrogen-bond donors (Lipinski definition) is 0. The average Bonchev–Trinajstić information content (AvgIpc) is 2.68. The highest BCUT2D eigenvalue weighted by Crippen LogP contribution is 2.27. The zero-order valence-corrected chi connectivity index (χ0v) is 15.1. The second-order valence-electron chi connectivity index (χ2n) is 5.83. The molecular weight excluding hydrogens is 368 g/mol. The Morgan fingerprint density at radius 3 is 2.29 bits per heavy atom. The van der Waals surface area contributed by atoms with Crippen LogP contribution in [0.25, 0.3) is 0 Å². The summed E-state index contributed by atoms with van der Waals surface area (Å²) in [5.74, 6) is 2.16. The van der Waals surface area contributed by atoms with Gasteiger partial charge in [0, 0.05) is 18.3 Å². The molecule has 3 aromatic rings. The molecule has 28 heavy (non-hydrogen) atoms. The molecule has 0 aliphatic heterocycles. The lowest BCUT2D eigenvalue weighted by atomic mass is 10.3. The number of pyridine rings is 1. The van der Waals surface area contributed by atoms with Gasteiger partial charge in [0.2, 0.25) is 5.88 Å². The van der Waals surface area contributed by atoms with Gasteiger partial charge in [0.25, 0.3) is 0 Å². The summed E-state index contributed by atoms with van der Waals surface area (Å²) >= 11 is 0. The summed E-state index contributed by atoms with van der Waals surface area (Å²) in [6, 6.07) is 18.5. The van der Waals surface area contributed by atoms with Crippen molar-refractivity contribution in [3.8, 4) is 28.9 Å². The summed E-state index contributed by atoms with van der Waals surface area (Å²) in [4.78, 5) is 4.09. The number of nitrogens with zero attached hydrogens (tertiary/aromatic N) is 1. The molecule has 0 radical (unpaired) electrons. The van der Waals surface area contributed by atoms with Crippen LogP contribution >= 0.6 is 0 Å². The Hall–Kier alpha value is -3.35. The summed E-state index contributed by atoms with van der Waals surface area (Å²) < 4.78 is 45.9. The minimum Gasteiger partial charge on any atom is -0.487 e. The molecule has 7 heteroatoms. The first-order valence-electron chi connectivity index (χ1n) is 8.62. The third-order valence-electron chi connectivity index (χ3n) is 3.53. The van der Waals surface area contributed by atoms with Crippen molar-refractivity contribution in [3.63, 3.8) is 0 Å². The zero-order chi connectivity index (χ0) is 19.8. The Morgan fingerprint density at radius 2 is 1.57 bits per heavy atom. The van der Waals surface area contributed by atoms with E-state index in [4.69, 9.17) is 14.2 Å². The van der Waals surface area contributed by atoms with Gasteiger partial charge < -0.3 is 18.9 Å². The number of aromatic nitrogens is 1. The van der Waals surface area contributed by atoms with Gasteiger partial charge >= 0.3 is 6.61 Å². The fraction of sp³-hybridized carbons (Fsp3) is 0.190. The molecule has 0 fully saturated rings. The first-order valence-corrected chi connectivity index (χ1v) is 8.62. The molecule has 3 rings (SSSR count). The molecule has 0 aliphatic carbocycles. The third-order valence-corrected chi connectivity index (χ3v) is 3.53. The first-order chi connectivity index (χ1) is 13.6. The first kappa shape index (κ1) is 19.4. The average molecular weight is 387 g/mol. The monoisotopic (exact) mass is 387 g/mol. The molecule has 5 nitrogen and oxygen atoms in total. The van der Waals surface area contributed by atoms with E-state index in [1.165, 1.54) is 12.1 Å². The van der Waals surface area contributed by atoms with Gasteiger partial charge in [-0.1, -0.05) is 12.1 Å². The molecule has 146 valence electrons. The highest BCUT2D eigenvalue weighted by Gasteiger charge is 2.08. The number of halogens is 2. The van der Waals surface area contributed by atoms with E-state index in [1.54, 1.807) is 48.7 Å². The fourth-order valence-corrected chi connectivity index (χ4v) is 2.34. The molecular formula is C21H19F2NO4. The molecule has 1 aromatic heterocycles. The van der Waals surface area contributed by atoms with Crippen LogP contribution < -0.4 is 18.9 Å². The van der Waals surface area contributed by atoms with Crippen molar-refractivity contribution in [2.75, 3.05) is 6.61 Å². The van der Waals surface area contributed by atoms with Gasteiger partial charge in [-0.3, -0.25) is 0 Å². The maximum absolute atomic E-state index is 12.3. The van der Waals surface area contributed by atoms with Crippen molar-refractivity contribution in [3.05, 3.63) is 72.9 Å². The minimum atomic E-state index is -2.88. The van der Waals surface area contributed by atoms with Crippen LogP contribution in [0.1, 0.15) is 6.92 Å². The minimum absolute atomic E-state index is 0.0363. The number of alkyl halides is 2. The Labute approximate surface area is 161 Å². The highest BCUT2D eigenvalue weighted by atomic mass is 19.3. The topological polar surface area (TPSA) is 49.8 Å². The SMILES string of the molecule is CC(COc1ccccn1)Oc1ccc(Oc2cccc(OC(F)F)c2)cc1. The largest absolute Gasteiger partial charge is 0.487 e. The third kappa shape index (κ3) is 6.12. The molecule has 1 atom stereocenters. The molecule has 0 amide bonds. The lowest BCUT2D eigenvalue weighted by molar-refractivity contribution is -0.0499. The second kappa shape index (κ2) is 9.55. The van der Waals surface area contributed by atoms with Crippen LogP contribution in [-0.4, -0.2) is 24.3 Å². The molecule has 1 unspecified atom stereocenters. The van der Waals surface area contributed by atoms with Crippen molar-refractivity contribution >= 4 is 0 Å². The molecule has 0 saturated carbocycles. The van der Waals surface area contributed by atoms with Gasteiger partial charge in [-0.25, -0.2) is 4.98 Å². The van der Waals surface area contributed by atoms with Gasteiger partial charge in [-0.2, -0.15) is 8.78 Å². The predicted octanol–water partition coefficient (Wildman–Crippen LogP) is 5.32. The van der Waals surface area contributed by atoms with Crippen LogP contribution in [0, 0.1) is 0 Å². The van der Waals surface area contributed by atoms with E-state index in [9.17, 15) is 8.78 Å². The molecule has 0 aliphatic rings. The smallest absolute Gasteiger partial charge is 0.387 e. The summed E-state index contributed by atoms with van der Waals surface area (Å²) in [5.41, 5.74) is 0. The predicted molar refractivity (Wildman–Crippen MR) is 99.4 cm³/mol. The normalized spacial score (nSPS) is 11.7. The van der Waals surface area contributed by atoms with Crippen molar-refractivity contribution in [1.82, 2.24) is 4.98 Å². The van der Waals surface area contributed by atoms with Gasteiger partial charge in [0.05, 0.1) is 0 Å².